The first-order valence-corrected chi connectivity index (χ1v) is 11.5. The molecule has 2 aromatic rings. The number of nitrogens with one attached hydrogen (secondary N) is 1. The molecule has 1 saturated carbocycles. The molecule has 3 rings (SSSR count). The van der Waals surface area contributed by atoms with Gasteiger partial charge in [0.15, 0.2) is 0 Å². The van der Waals surface area contributed by atoms with Crippen molar-refractivity contribution in [3.63, 3.8) is 0 Å². The third kappa shape index (κ3) is 6.35. The minimum Gasteiger partial charge on any atom is -0.459 e. The van der Waals surface area contributed by atoms with E-state index >= 15 is 0 Å². The van der Waals surface area contributed by atoms with Crippen molar-refractivity contribution in [1.29, 1.82) is 0 Å². The second-order valence-electron chi connectivity index (χ2n) is 9.80. The van der Waals surface area contributed by atoms with Gasteiger partial charge in [0.2, 0.25) is 0 Å². The second kappa shape index (κ2) is 10.2. The van der Waals surface area contributed by atoms with E-state index in [-0.39, 0.29) is 18.6 Å². The summed E-state index contributed by atoms with van der Waals surface area (Å²) in [5, 5.41) is 2.88. The van der Waals surface area contributed by atoms with Crippen LogP contribution in [0.1, 0.15) is 70.1 Å². The van der Waals surface area contributed by atoms with E-state index in [2.05, 4.69) is 5.32 Å². The number of carbonyl (C=O) groups is 2. The van der Waals surface area contributed by atoms with E-state index in [4.69, 9.17) is 9.47 Å². The first kappa shape index (κ1) is 23.8. The maximum Gasteiger partial charge on any atom is 0.407 e. The van der Waals surface area contributed by atoms with Gasteiger partial charge in [-0.05, 0) is 63.6 Å². The topological polar surface area (TPSA) is 64.6 Å². The molecule has 32 heavy (non-hydrogen) atoms. The van der Waals surface area contributed by atoms with Gasteiger partial charge >= 0.3 is 12.1 Å². The SMILES string of the molecule is C[C@@H](Cc1ccc(C2(C(=O)OC(C)(C)C)CCCC2)cc1)NC(=O)OCc1ccccc1. The van der Waals surface area contributed by atoms with Crippen molar-refractivity contribution >= 4 is 12.1 Å². The molecule has 5 nitrogen and oxygen atoms in total. The molecule has 1 atom stereocenters. The minimum absolute atomic E-state index is 0.0737. The average Bonchev–Trinajstić information content (AvgIpc) is 3.24. The van der Waals surface area contributed by atoms with Crippen molar-refractivity contribution in [2.45, 2.75) is 83.5 Å². The molecule has 1 aliphatic carbocycles. The number of alkyl carbamates (subject to hydrolysis) is 1. The monoisotopic (exact) mass is 437 g/mol. The lowest BCUT2D eigenvalue weighted by Crippen LogP contribution is -2.39. The molecule has 1 fully saturated rings. The van der Waals surface area contributed by atoms with E-state index in [0.29, 0.717) is 6.42 Å². The maximum atomic E-state index is 13.0. The highest BCUT2D eigenvalue weighted by Crippen LogP contribution is 2.43. The van der Waals surface area contributed by atoms with Crippen LogP contribution in [0.2, 0.25) is 0 Å². The zero-order valence-electron chi connectivity index (χ0n) is 19.6. The van der Waals surface area contributed by atoms with Crippen LogP contribution in [0.4, 0.5) is 4.79 Å². The van der Waals surface area contributed by atoms with Crippen LogP contribution in [0.15, 0.2) is 54.6 Å². The summed E-state index contributed by atoms with van der Waals surface area (Å²) in [6.07, 6.45) is 3.98. The van der Waals surface area contributed by atoms with Crippen LogP contribution < -0.4 is 5.32 Å². The third-order valence-electron chi connectivity index (χ3n) is 5.87. The van der Waals surface area contributed by atoms with Crippen molar-refractivity contribution in [2.24, 2.45) is 0 Å². The Hall–Kier alpha value is -2.82. The number of ether oxygens (including phenoxy) is 2. The lowest BCUT2D eigenvalue weighted by atomic mass is 9.78. The molecule has 0 unspecified atom stereocenters. The Morgan fingerprint density at radius 2 is 1.59 bits per heavy atom. The molecule has 0 saturated heterocycles. The smallest absolute Gasteiger partial charge is 0.407 e. The van der Waals surface area contributed by atoms with Gasteiger partial charge in [-0.1, -0.05) is 67.4 Å². The molecule has 1 amide bonds. The van der Waals surface area contributed by atoms with Gasteiger partial charge in [-0.15, -0.1) is 0 Å². The highest BCUT2D eigenvalue weighted by molar-refractivity contribution is 5.84. The number of carbonyl (C=O) groups excluding carboxylic acids is 2. The molecular formula is C27H35NO4. The quantitative estimate of drug-likeness (QED) is 0.565. The molecule has 2 aromatic carbocycles. The first-order valence-electron chi connectivity index (χ1n) is 11.5. The summed E-state index contributed by atoms with van der Waals surface area (Å²) in [5.41, 5.74) is 2.04. The van der Waals surface area contributed by atoms with Crippen LogP contribution in [0.25, 0.3) is 0 Å². The lowest BCUT2D eigenvalue weighted by molar-refractivity contribution is -0.162. The largest absolute Gasteiger partial charge is 0.459 e. The number of amides is 1. The van der Waals surface area contributed by atoms with Crippen molar-refractivity contribution < 1.29 is 19.1 Å². The zero-order chi connectivity index (χ0) is 23.2. The number of hydrogen-bond acceptors (Lipinski definition) is 4. The molecule has 172 valence electrons. The van der Waals surface area contributed by atoms with E-state index in [1.165, 1.54) is 0 Å². The number of esters is 1. The van der Waals surface area contributed by atoms with Gasteiger partial charge in [-0.2, -0.15) is 0 Å². The summed E-state index contributed by atoms with van der Waals surface area (Å²) in [7, 11) is 0. The van der Waals surface area contributed by atoms with E-state index in [1.807, 2.05) is 82.3 Å². The van der Waals surface area contributed by atoms with Gasteiger partial charge in [0.1, 0.15) is 12.2 Å². The summed E-state index contributed by atoms with van der Waals surface area (Å²) < 4.78 is 11.1. The third-order valence-corrected chi connectivity index (χ3v) is 5.87. The van der Waals surface area contributed by atoms with Crippen LogP contribution in [0.3, 0.4) is 0 Å². The Bertz CT molecular complexity index is 894. The number of hydrogen-bond donors (Lipinski definition) is 1. The highest BCUT2D eigenvalue weighted by atomic mass is 16.6. The summed E-state index contributed by atoms with van der Waals surface area (Å²) in [4.78, 5) is 25.1. The van der Waals surface area contributed by atoms with Crippen molar-refractivity contribution in [1.82, 2.24) is 5.32 Å². The molecule has 5 heteroatoms. The fourth-order valence-electron chi connectivity index (χ4n) is 4.30. The Morgan fingerprint density at radius 3 is 2.19 bits per heavy atom. The van der Waals surface area contributed by atoms with Gasteiger partial charge < -0.3 is 14.8 Å². The zero-order valence-corrected chi connectivity index (χ0v) is 19.6. The van der Waals surface area contributed by atoms with Crippen LogP contribution >= 0.6 is 0 Å². The van der Waals surface area contributed by atoms with Crippen LogP contribution in [-0.2, 0) is 32.7 Å². The molecule has 1 aliphatic rings. The van der Waals surface area contributed by atoms with Gasteiger partial charge in [0, 0.05) is 6.04 Å². The van der Waals surface area contributed by atoms with Gasteiger partial charge in [-0.3, -0.25) is 4.79 Å². The molecule has 0 bridgehead atoms. The molecule has 1 N–H and O–H groups in total. The van der Waals surface area contributed by atoms with E-state index in [1.54, 1.807) is 0 Å². The summed E-state index contributed by atoms with van der Waals surface area (Å²) in [5.74, 6) is -0.119. The normalized spacial score (nSPS) is 16.2. The van der Waals surface area contributed by atoms with Crippen LogP contribution in [0.5, 0.6) is 0 Å². The van der Waals surface area contributed by atoms with Crippen molar-refractivity contribution in [3.8, 4) is 0 Å². The van der Waals surface area contributed by atoms with Gasteiger partial charge in [-0.25, -0.2) is 4.79 Å². The predicted molar refractivity (Wildman–Crippen MR) is 125 cm³/mol. The van der Waals surface area contributed by atoms with Crippen molar-refractivity contribution in [3.05, 3.63) is 71.3 Å². The van der Waals surface area contributed by atoms with Crippen molar-refractivity contribution in [2.75, 3.05) is 0 Å². The van der Waals surface area contributed by atoms with E-state index in [0.717, 1.165) is 42.4 Å². The molecule has 0 aliphatic heterocycles. The predicted octanol–water partition coefficient (Wildman–Crippen LogP) is 5.70. The van der Waals surface area contributed by atoms with E-state index < -0.39 is 17.1 Å². The van der Waals surface area contributed by atoms with Gasteiger partial charge in [0.25, 0.3) is 0 Å². The molecule has 0 heterocycles. The molecule has 0 aromatic heterocycles. The number of benzene rings is 2. The van der Waals surface area contributed by atoms with E-state index in [9.17, 15) is 9.59 Å². The summed E-state index contributed by atoms with van der Waals surface area (Å²) in [6.45, 7) is 7.94. The second-order valence-corrected chi connectivity index (χ2v) is 9.80. The summed E-state index contributed by atoms with van der Waals surface area (Å²) >= 11 is 0. The Balaban J connectivity index is 1.57. The maximum absolute atomic E-state index is 13.0. The molecular weight excluding hydrogens is 402 g/mol. The average molecular weight is 438 g/mol. The van der Waals surface area contributed by atoms with Crippen LogP contribution in [-0.4, -0.2) is 23.7 Å². The lowest BCUT2D eigenvalue weighted by Gasteiger charge is -2.31. The fraction of sp³-hybridized carbons (Fsp3) is 0.481. The Kier molecular flexibility index (Phi) is 7.60. The summed E-state index contributed by atoms with van der Waals surface area (Å²) in [6, 6.07) is 17.7. The Labute approximate surface area is 191 Å². The van der Waals surface area contributed by atoms with Crippen LogP contribution in [0, 0.1) is 0 Å². The Morgan fingerprint density at radius 1 is 0.969 bits per heavy atom. The molecule has 0 spiro atoms. The minimum atomic E-state index is -0.545. The fourth-order valence-corrected chi connectivity index (χ4v) is 4.30. The van der Waals surface area contributed by atoms with Gasteiger partial charge in [0.05, 0.1) is 5.41 Å². The molecule has 0 radical (unpaired) electrons. The number of rotatable bonds is 7. The highest BCUT2D eigenvalue weighted by Gasteiger charge is 2.45. The first-order chi connectivity index (χ1) is 15.2. The standard InChI is InChI=1S/C27H35NO4/c1-20(28-25(30)31-19-22-10-6-5-7-11-22)18-21-12-14-23(15-13-21)27(16-8-9-17-27)24(29)32-26(2,3)4/h5-7,10-15,20H,8-9,16-19H2,1-4H3,(H,28,30)/t20-/m0/s1.